The number of rotatable bonds is 3. The van der Waals surface area contributed by atoms with Crippen molar-refractivity contribution in [3.05, 3.63) is 34.9 Å². The van der Waals surface area contributed by atoms with Crippen LogP contribution in [-0.4, -0.2) is 41.1 Å². The highest BCUT2D eigenvalue weighted by Crippen LogP contribution is 2.70. The van der Waals surface area contributed by atoms with Crippen LogP contribution in [0.5, 0.6) is 0 Å². The number of aliphatic hydroxyl groups is 1. The summed E-state index contributed by atoms with van der Waals surface area (Å²) in [4.78, 5) is 14.6. The summed E-state index contributed by atoms with van der Waals surface area (Å²) < 4.78 is 0. The molecule has 1 aromatic rings. The average Bonchev–Trinajstić information content (AvgIpc) is 2.76. The average molecular weight is 367 g/mol. The zero-order valence-corrected chi connectivity index (χ0v) is 16.0. The molecule has 0 aromatic heterocycles. The third-order valence-corrected chi connectivity index (χ3v) is 8.90. The smallest absolute Gasteiger partial charge is 0.248 e. The predicted molar refractivity (Wildman–Crippen MR) is 103 cm³/mol. The molecule has 5 aliphatic rings. The molecule has 4 nitrogen and oxygen atoms in total. The van der Waals surface area contributed by atoms with Crippen molar-refractivity contribution < 1.29 is 9.90 Å². The van der Waals surface area contributed by atoms with Gasteiger partial charge in [0, 0.05) is 35.5 Å². The van der Waals surface area contributed by atoms with E-state index in [2.05, 4.69) is 17.0 Å². The first kappa shape index (κ1) is 16.6. The van der Waals surface area contributed by atoms with Crippen molar-refractivity contribution in [2.45, 2.75) is 68.9 Å². The van der Waals surface area contributed by atoms with Crippen LogP contribution in [0.3, 0.4) is 0 Å². The number of carbonyl (C=O) groups is 1. The summed E-state index contributed by atoms with van der Waals surface area (Å²) in [5.74, 6) is 1.20. The first-order valence-electron chi connectivity index (χ1n) is 10.9. The minimum Gasteiger partial charge on any atom is -0.393 e. The van der Waals surface area contributed by atoms with Gasteiger partial charge in [0.05, 0.1) is 6.10 Å². The molecule has 2 spiro atoms. The third kappa shape index (κ3) is 2.09. The van der Waals surface area contributed by atoms with Crippen LogP contribution in [-0.2, 0) is 11.8 Å². The number of hydrogen-bond donors (Lipinski definition) is 2. The van der Waals surface area contributed by atoms with Crippen molar-refractivity contribution in [1.29, 1.82) is 0 Å². The van der Waals surface area contributed by atoms with Crippen LogP contribution in [0.4, 0.5) is 0 Å². The monoisotopic (exact) mass is 366 g/mol. The van der Waals surface area contributed by atoms with E-state index in [-0.39, 0.29) is 17.4 Å². The summed E-state index contributed by atoms with van der Waals surface area (Å²) in [5.41, 5.74) is 9.44. The fourth-order valence-corrected chi connectivity index (χ4v) is 7.87. The maximum Gasteiger partial charge on any atom is 0.248 e. The normalized spacial score (nSPS) is 42.5. The number of nitrogens with two attached hydrogens (primary N) is 1. The molecular formula is C23H30N2O2. The van der Waals surface area contributed by atoms with Crippen molar-refractivity contribution in [1.82, 2.24) is 4.90 Å². The quantitative estimate of drug-likeness (QED) is 0.864. The Morgan fingerprint density at radius 2 is 2.11 bits per heavy atom. The minimum absolute atomic E-state index is 0.0513. The fourth-order valence-electron chi connectivity index (χ4n) is 7.87. The fraction of sp³-hybridized carbons (Fsp3) is 0.696. The first-order chi connectivity index (χ1) is 13.0. The molecule has 6 rings (SSSR count). The number of primary amides is 1. The standard InChI is InChI=1S/C23H30N2O2/c24-21(27)15-4-5-16-9-22-12-23(19(16)8-15)10-17(26)6-7-18(23)20(22)25(13-22)11-14-2-1-3-14/h4-5,8,14,17-18,20,26H,1-3,6-7,9-13H2,(H2,24,27)/t17-,18-,20-,22?,23+/m0/s1. The van der Waals surface area contributed by atoms with E-state index in [0.717, 1.165) is 31.6 Å². The van der Waals surface area contributed by atoms with Gasteiger partial charge in [0.2, 0.25) is 5.91 Å². The van der Waals surface area contributed by atoms with Gasteiger partial charge in [-0.15, -0.1) is 0 Å². The van der Waals surface area contributed by atoms with Crippen LogP contribution in [0, 0.1) is 17.3 Å². The highest BCUT2D eigenvalue weighted by Gasteiger charge is 2.71. The Balaban J connectivity index is 1.43. The molecule has 4 heteroatoms. The van der Waals surface area contributed by atoms with E-state index in [1.807, 2.05) is 6.07 Å². The number of amides is 1. The lowest BCUT2D eigenvalue weighted by molar-refractivity contribution is -0.0862. The molecule has 0 radical (unpaired) electrons. The zero-order valence-electron chi connectivity index (χ0n) is 16.0. The largest absolute Gasteiger partial charge is 0.393 e. The molecular weight excluding hydrogens is 336 g/mol. The highest BCUT2D eigenvalue weighted by atomic mass is 16.3. The Morgan fingerprint density at radius 3 is 2.85 bits per heavy atom. The van der Waals surface area contributed by atoms with Gasteiger partial charge in [-0.3, -0.25) is 9.69 Å². The van der Waals surface area contributed by atoms with Gasteiger partial charge in [-0.25, -0.2) is 0 Å². The Labute approximate surface area is 161 Å². The highest BCUT2D eigenvalue weighted by molar-refractivity contribution is 5.93. The van der Waals surface area contributed by atoms with E-state index >= 15 is 0 Å². The zero-order chi connectivity index (χ0) is 18.4. The number of hydrogen-bond acceptors (Lipinski definition) is 3. The molecule has 1 amide bonds. The molecule has 1 unspecified atom stereocenters. The van der Waals surface area contributed by atoms with Crippen LogP contribution in [0.1, 0.15) is 66.4 Å². The molecule has 4 fully saturated rings. The van der Waals surface area contributed by atoms with Gasteiger partial charge in [-0.2, -0.15) is 0 Å². The number of carbonyl (C=O) groups excluding carboxylic acids is 1. The van der Waals surface area contributed by atoms with E-state index in [1.54, 1.807) is 0 Å². The van der Waals surface area contributed by atoms with Crippen molar-refractivity contribution in [2.75, 3.05) is 13.1 Å². The van der Waals surface area contributed by atoms with E-state index in [4.69, 9.17) is 5.73 Å². The topological polar surface area (TPSA) is 66.6 Å². The van der Waals surface area contributed by atoms with E-state index < -0.39 is 0 Å². The molecule has 1 saturated heterocycles. The molecule has 3 N–H and O–H groups in total. The van der Waals surface area contributed by atoms with E-state index in [1.165, 1.54) is 49.9 Å². The Hall–Kier alpha value is -1.39. The number of benzene rings is 1. The van der Waals surface area contributed by atoms with Gasteiger partial charge in [-0.05, 0) is 80.0 Å². The Bertz CT molecular complexity index is 819. The molecule has 1 aromatic carbocycles. The Morgan fingerprint density at radius 1 is 1.26 bits per heavy atom. The van der Waals surface area contributed by atoms with Gasteiger partial charge in [-0.1, -0.05) is 12.5 Å². The van der Waals surface area contributed by atoms with Crippen LogP contribution in [0.15, 0.2) is 18.2 Å². The second kappa shape index (κ2) is 5.36. The molecule has 2 bridgehead atoms. The summed E-state index contributed by atoms with van der Waals surface area (Å²) in [6.07, 6.45) is 9.27. The maximum atomic E-state index is 11.8. The summed E-state index contributed by atoms with van der Waals surface area (Å²) in [6, 6.07) is 6.83. The predicted octanol–water partition coefficient (Wildman–Crippen LogP) is 2.61. The summed E-state index contributed by atoms with van der Waals surface area (Å²) in [6.45, 7) is 2.52. The lowest BCUT2D eigenvalue weighted by Gasteiger charge is -2.58. The first-order valence-corrected chi connectivity index (χ1v) is 10.9. The molecule has 1 heterocycles. The van der Waals surface area contributed by atoms with Crippen molar-refractivity contribution in [3.63, 3.8) is 0 Å². The maximum absolute atomic E-state index is 11.8. The third-order valence-electron chi connectivity index (χ3n) is 8.90. The summed E-state index contributed by atoms with van der Waals surface area (Å²) in [7, 11) is 0. The number of aliphatic hydroxyl groups excluding tert-OH is 1. The van der Waals surface area contributed by atoms with Gasteiger partial charge in [0.15, 0.2) is 0 Å². The van der Waals surface area contributed by atoms with Gasteiger partial charge in [0.25, 0.3) is 0 Å². The minimum atomic E-state index is -0.338. The van der Waals surface area contributed by atoms with E-state index in [0.29, 0.717) is 22.9 Å². The lowest BCUT2D eigenvalue weighted by Crippen LogP contribution is -2.65. The molecule has 1 aliphatic heterocycles. The van der Waals surface area contributed by atoms with Crippen molar-refractivity contribution in [3.8, 4) is 0 Å². The van der Waals surface area contributed by atoms with Crippen LogP contribution >= 0.6 is 0 Å². The molecule has 5 atom stereocenters. The lowest BCUT2D eigenvalue weighted by atomic mass is 9.59. The van der Waals surface area contributed by atoms with Crippen LogP contribution in [0.2, 0.25) is 0 Å². The van der Waals surface area contributed by atoms with E-state index in [9.17, 15) is 9.90 Å². The summed E-state index contributed by atoms with van der Waals surface area (Å²) >= 11 is 0. The molecule has 144 valence electrons. The summed E-state index contributed by atoms with van der Waals surface area (Å²) in [5, 5.41) is 10.6. The SMILES string of the molecule is NC(=O)c1ccc2c(c1)[C@@]13C[C@@H](O)CC[C@H]1[C@@H]1N(CC4CCC4)CC1(C2)C3. The molecule has 27 heavy (non-hydrogen) atoms. The van der Waals surface area contributed by atoms with Crippen molar-refractivity contribution in [2.24, 2.45) is 23.0 Å². The second-order valence-corrected chi connectivity index (χ2v) is 10.3. The number of fused-ring (bicyclic) bond motifs is 2. The van der Waals surface area contributed by atoms with Gasteiger partial charge < -0.3 is 10.8 Å². The second-order valence-electron chi connectivity index (χ2n) is 10.3. The molecule has 3 saturated carbocycles. The van der Waals surface area contributed by atoms with Gasteiger partial charge in [0.1, 0.15) is 0 Å². The number of nitrogens with zero attached hydrogens (tertiary/aromatic N) is 1. The van der Waals surface area contributed by atoms with Gasteiger partial charge >= 0.3 is 0 Å². The van der Waals surface area contributed by atoms with Crippen LogP contribution < -0.4 is 5.73 Å². The number of likely N-dealkylation sites (tertiary alicyclic amines) is 1. The Kier molecular flexibility index (Phi) is 3.28. The molecule has 4 aliphatic carbocycles. The van der Waals surface area contributed by atoms with Crippen molar-refractivity contribution >= 4 is 5.91 Å². The van der Waals surface area contributed by atoms with Crippen LogP contribution in [0.25, 0.3) is 0 Å².